The fourth-order valence-corrected chi connectivity index (χ4v) is 1.05. The third kappa shape index (κ3) is 2.13. The molecule has 0 amide bonds. The van der Waals surface area contributed by atoms with Crippen LogP contribution in [0.1, 0.15) is 21.5 Å². The predicted molar refractivity (Wildman–Crippen MR) is 46.3 cm³/mol. The van der Waals surface area contributed by atoms with E-state index in [4.69, 9.17) is 0 Å². The van der Waals surface area contributed by atoms with E-state index in [1.54, 1.807) is 13.8 Å². The van der Waals surface area contributed by atoms with E-state index in [1.807, 2.05) is 0 Å². The van der Waals surface area contributed by atoms with Crippen molar-refractivity contribution in [2.45, 2.75) is 20.0 Å². The normalized spacial score (nSPS) is 11.5. The first kappa shape index (κ1) is 10.8. The zero-order valence-corrected chi connectivity index (χ0v) is 7.77. The van der Waals surface area contributed by atoms with E-state index in [1.165, 1.54) is 18.2 Å². The molecule has 0 saturated carbocycles. The average Bonchev–Trinajstić information content (AvgIpc) is 2.07. The van der Waals surface area contributed by atoms with Gasteiger partial charge in [-0.3, -0.25) is 4.79 Å². The molecule has 0 bridgehead atoms. The molecule has 0 spiro atoms. The molecule has 4 heteroatoms. The Morgan fingerprint density at radius 1 is 1.14 bits per heavy atom. The Kier molecular flexibility index (Phi) is 2.64. The van der Waals surface area contributed by atoms with E-state index in [2.05, 4.69) is 0 Å². The van der Waals surface area contributed by atoms with Crippen LogP contribution in [0.15, 0.2) is 18.2 Å². The number of ketones is 1. The Hall–Kier alpha value is -1.32. The number of hydrogen-bond acceptors (Lipinski definition) is 1. The summed E-state index contributed by atoms with van der Waals surface area (Å²) in [5.74, 6) is -1.79. The van der Waals surface area contributed by atoms with E-state index >= 15 is 0 Å². The molecule has 1 nitrogen and oxygen atoms in total. The van der Waals surface area contributed by atoms with Gasteiger partial charge in [-0.15, -0.1) is 0 Å². The summed E-state index contributed by atoms with van der Waals surface area (Å²) >= 11 is 0. The highest BCUT2D eigenvalue weighted by atomic mass is 19.4. The van der Waals surface area contributed by atoms with Crippen LogP contribution in [0, 0.1) is 13.8 Å². The van der Waals surface area contributed by atoms with E-state index in [0.717, 1.165) is 5.56 Å². The third-order valence-corrected chi connectivity index (χ3v) is 2.03. The largest absolute Gasteiger partial charge is 0.454 e. The van der Waals surface area contributed by atoms with Gasteiger partial charge in [-0.25, -0.2) is 0 Å². The first-order valence-electron chi connectivity index (χ1n) is 4.01. The lowest BCUT2D eigenvalue weighted by molar-refractivity contribution is -0.0885. The van der Waals surface area contributed by atoms with Gasteiger partial charge >= 0.3 is 6.18 Å². The van der Waals surface area contributed by atoms with Crippen LogP contribution in [0.25, 0.3) is 0 Å². The lowest BCUT2D eigenvalue weighted by Gasteiger charge is -2.06. The number of carbonyl (C=O) groups excluding carboxylic acids is 1. The first-order valence-corrected chi connectivity index (χ1v) is 4.01. The van der Waals surface area contributed by atoms with Crippen LogP contribution in [0.4, 0.5) is 13.2 Å². The van der Waals surface area contributed by atoms with Gasteiger partial charge in [-0.2, -0.15) is 13.2 Å². The molecule has 14 heavy (non-hydrogen) atoms. The van der Waals surface area contributed by atoms with Crippen molar-refractivity contribution in [3.63, 3.8) is 0 Å². The molecule has 76 valence electrons. The predicted octanol–water partition coefficient (Wildman–Crippen LogP) is 3.05. The van der Waals surface area contributed by atoms with Crippen molar-refractivity contribution >= 4 is 5.78 Å². The van der Waals surface area contributed by atoms with E-state index in [-0.39, 0.29) is 5.56 Å². The van der Waals surface area contributed by atoms with Crippen molar-refractivity contribution < 1.29 is 18.0 Å². The number of hydrogen-bond donors (Lipinski definition) is 0. The monoisotopic (exact) mass is 202 g/mol. The summed E-state index contributed by atoms with van der Waals surface area (Å²) in [6, 6.07) is 3.96. The molecule has 0 aliphatic rings. The molecule has 0 aliphatic carbocycles. The summed E-state index contributed by atoms with van der Waals surface area (Å²) in [5.41, 5.74) is 1.24. The van der Waals surface area contributed by atoms with E-state index in [9.17, 15) is 18.0 Å². The summed E-state index contributed by atoms with van der Waals surface area (Å²) in [5, 5.41) is 0. The highest BCUT2D eigenvalue weighted by Gasteiger charge is 2.39. The fourth-order valence-electron chi connectivity index (χ4n) is 1.05. The van der Waals surface area contributed by atoms with Crippen LogP contribution in [-0.4, -0.2) is 12.0 Å². The number of Topliss-reactive ketones (excluding diaryl/α,β-unsaturated/α-hetero) is 1. The van der Waals surface area contributed by atoms with E-state index < -0.39 is 12.0 Å². The molecular formula is C10H9F3O. The average molecular weight is 202 g/mol. The lowest BCUT2D eigenvalue weighted by atomic mass is 10.0. The van der Waals surface area contributed by atoms with Crippen molar-refractivity contribution in [3.8, 4) is 0 Å². The third-order valence-electron chi connectivity index (χ3n) is 2.03. The van der Waals surface area contributed by atoms with Crippen LogP contribution < -0.4 is 0 Å². The zero-order chi connectivity index (χ0) is 10.9. The molecule has 1 aromatic rings. The molecule has 1 aromatic carbocycles. The lowest BCUT2D eigenvalue weighted by Crippen LogP contribution is -2.22. The van der Waals surface area contributed by atoms with E-state index in [0.29, 0.717) is 5.56 Å². The second-order valence-corrected chi connectivity index (χ2v) is 3.13. The Bertz CT molecular complexity index is 366. The minimum absolute atomic E-state index is 0.305. The summed E-state index contributed by atoms with van der Waals surface area (Å²) in [4.78, 5) is 10.8. The zero-order valence-electron chi connectivity index (χ0n) is 7.77. The van der Waals surface area contributed by atoms with Gasteiger partial charge in [0.05, 0.1) is 0 Å². The maximum Gasteiger partial charge on any atom is 0.454 e. The Labute approximate surface area is 79.5 Å². The molecule has 0 fully saturated rings. The number of carbonyl (C=O) groups is 1. The summed E-state index contributed by atoms with van der Waals surface area (Å²) in [6.45, 7) is 3.44. The second kappa shape index (κ2) is 3.44. The quantitative estimate of drug-likeness (QED) is 0.639. The molecule has 1 rings (SSSR count). The molecule has 0 N–H and O–H groups in total. The summed E-state index contributed by atoms with van der Waals surface area (Å²) < 4.78 is 36.1. The maximum atomic E-state index is 12.0. The van der Waals surface area contributed by atoms with Crippen molar-refractivity contribution in [1.82, 2.24) is 0 Å². The smallest absolute Gasteiger partial charge is 0.284 e. The highest BCUT2D eigenvalue weighted by Crippen LogP contribution is 2.22. The van der Waals surface area contributed by atoms with Crippen molar-refractivity contribution in [1.29, 1.82) is 0 Å². The minimum Gasteiger partial charge on any atom is -0.284 e. The Balaban J connectivity index is 3.10. The van der Waals surface area contributed by atoms with Gasteiger partial charge in [0.25, 0.3) is 5.78 Å². The molecule has 0 radical (unpaired) electrons. The van der Waals surface area contributed by atoms with Crippen molar-refractivity contribution in [2.75, 3.05) is 0 Å². The minimum atomic E-state index is -4.79. The van der Waals surface area contributed by atoms with Gasteiger partial charge in [0, 0.05) is 5.56 Å². The number of benzene rings is 1. The highest BCUT2D eigenvalue weighted by molar-refractivity contribution is 6.00. The molecule has 0 saturated heterocycles. The molecule has 0 unspecified atom stereocenters. The van der Waals surface area contributed by atoms with Crippen LogP contribution in [-0.2, 0) is 0 Å². The molecule has 0 aliphatic heterocycles. The molecule has 0 aromatic heterocycles. The fraction of sp³-hybridized carbons (Fsp3) is 0.300. The number of rotatable bonds is 1. The van der Waals surface area contributed by atoms with Gasteiger partial charge in [0.2, 0.25) is 0 Å². The summed E-state index contributed by atoms with van der Waals surface area (Å²) in [6.07, 6.45) is -4.79. The SMILES string of the molecule is Cc1ccc(C(=O)C(F)(F)F)cc1C. The maximum absolute atomic E-state index is 12.0. The van der Waals surface area contributed by atoms with Gasteiger partial charge in [-0.05, 0) is 31.0 Å². The first-order chi connectivity index (χ1) is 6.32. The van der Waals surface area contributed by atoms with Gasteiger partial charge in [-0.1, -0.05) is 12.1 Å². The van der Waals surface area contributed by atoms with Crippen molar-refractivity contribution in [2.24, 2.45) is 0 Å². The van der Waals surface area contributed by atoms with Crippen molar-refractivity contribution in [3.05, 3.63) is 34.9 Å². The second-order valence-electron chi connectivity index (χ2n) is 3.13. The number of halogens is 3. The van der Waals surface area contributed by atoms with Crippen LogP contribution in [0.2, 0.25) is 0 Å². The Morgan fingerprint density at radius 3 is 2.14 bits per heavy atom. The summed E-state index contributed by atoms with van der Waals surface area (Å²) in [7, 11) is 0. The van der Waals surface area contributed by atoms with Gasteiger partial charge in [0.1, 0.15) is 0 Å². The van der Waals surface area contributed by atoms with Gasteiger partial charge < -0.3 is 0 Å². The topological polar surface area (TPSA) is 17.1 Å². The van der Waals surface area contributed by atoms with Gasteiger partial charge in [0.15, 0.2) is 0 Å². The molecule has 0 atom stereocenters. The Morgan fingerprint density at radius 2 is 1.71 bits per heavy atom. The van der Waals surface area contributed by atoms with Crippen LogP contribution in [0.3, 0.4) is 0 Å². The number of aryl methyl sites for hydroxylation is 2. The van der Waals surface area contributed by atoms with Crippen LogP contribution >= 0.6 is 0 Å². The molecular weight excluding hydrogens is 193 g/mol. The standard InChI is InChI=1S/C10H9F3O/c1-6-3-4-8(5-7(6)2)9(14)10(11,12)13/h3-5H,1-2H3. The molecule has 0 heterocycles. The van der Waals surface area contributed by atoms with Crippen LogP contribution in [0.5, 0.6) is 0 Å². The number of alkyl halides is 3.